The predicted molar refractivity (Wildman–Crippen MR) is 70.6 cm³/mol. The normalized spacial score (nSPS) is 17.0. The smallest absolute Gasteiger partial charge is 0.119 e. The Morgan fingerprint density at radius 2 is 2.12 bits per heavy atom. The molecule has 0 atom stereocenters. The number of nitrogens with zero attached hydrogens (tertiary/aromatic N) is 1. The van der Waals surface area contributed by atoms with E-state index in [1.54, 1.807) is 7.11 Å². The summed E-state index contributed by atoms with van der Waals surface area (Å²) in [7, 11) is 1.72. The molecule has 0 bridgehead atoms. The Morgan fingerprint density at radius 3 is 2.88 bits per heavy atom. The Kier molecular flexibility index (Phi) is 4.83. The van der Waals surface area contributed by atoms with Gasteiger partial charge in [-0.25, -0.2) is 0 Å². The predicted octanol–water partition coefficient (Wildman–Crippen LogP) is 1.53. The van der Waals surface area contributed by atoms with Crippen molar-refractivity contribution in [3.05, 3.63) is 29.8 Å². The van der Waals surface area contributed by atoms with E-state index in [0.717, 1.165) is 25.3 Å². The number of benzene rings is 1. The minimum absolute atomic E-state index is 0.963. The minimum Gasteiger partial charge on any atom is -0.497 e. The van der Waals surface area contributed by atoms with Crippen LogP contribution in [0.1, 0.15) is 12.0 Å². The number of hydrogen-bond donors (Lipinski definition) is 1. The summed E-state index contributed by atoms with van der Waals surface area (Å²) in [6.45, 7) is 5.87. The van der Waals surface area contributed by atoms with Gasteiger partial charge in [-0.2, -0.15) is 0 Å². The molecule has 3 heteroatoms. The topological polar surface area (TPSA) is 24.5 Å². The second-order valence-electron chi connectivity index (χ2n) is 4.55. The first kappa shape index (κ1) is 12.4. The number of nitrogens with one attached hydrogen (secondary N) is 1. The Hall–Kier alpha value is -1.06. The van der Waals surface area contributed by atoms with Gasteiger partial charge >= 0.3 is 0 Å². The van der Waals surface area contributed by atoms with Crippen molar-refractivity contribution in [3.63, 3.8) is 0 Å². The summed E-state index contributed by atoms with van der Waals surface area (Å²) in [5.41, 5.74) is 1.37. The summed E-state index contributed by atoms with van der Waals surface area (Å²) in [4.78, 5) is 2.54. The monoisotopic (exact) mass is 234 g/mol. The maximum Gasteiger partial charge on any atom is 0.119 e. The second kappa shape index (κ2) is 6.62. The zero-order valence-electron chi connectivity index (χ0n) is 10.6. The molecule has 1 aliphatic rings. The number of aryl methyl sites for hydroxylation is 1. The van der Waals surface area contributed by atoms with Gasteiger partial charge in [0, 0.05) is 26.2 Å². The number of piperazine rings is 1. The molecule has 0 aliphatic carbocycles. The molecule has 3 nitrogen and oxygen atoms in total. The Labute approximate surface area is 104 Å². The number of hydrogen-bond acceptors (Lipinski definition) is 3. The summed E-state index contributed by atoms with van der Waals surface area (Å²) in [6.07, 6.45) is 2.37. The van der Waals surface area contributed by atoms with E-state index in [9.17, 15) is 0 Å². The molecule has 1 aromatic carbocycles. The van der Waals surface area contributed by atoms with Crippen LogP contribution in [0.25, 0.3) is 0 Å². The summed E-state index contributed by atoms with van der Waals surface area (Å²) in [6, 6.07) is 8.39. The highest BCUT2D eigenvalue weighted by Gasteiger charge is 2.08. The van der Waals surface area contributed by atoms with E-state index in [4.69, 9.17) is 4.74 Å². The summed E-state index contributed by atoms with van der Waals surface area (Å²) in [5, 5.41) is 3.38. The fourth-order valence-electron chi connectivity index (χ4n) is 2.27. The molecule has 0 saturated carbocycles. The van der Waals surface area contributed by atoms with E-state index >= 15 is 0 Å². The van der Waals surface area contributed by atoms with Crippen LogP contribution in [0.2, 0.25) is 0 Å². The zero-order valence-corrected chi connectivity index (χ0v) is 10.6. The van der Waals surface area contributed by atoms with Crippen LogP contribution in [0.5, 0.6) is 5.75 Å². The van der Waals surface area contributed by atoms with Crippen molar-refractivity contribution in [2.75, 3.05) is 39.8 Å². The molecule has 0 aromatic heterocycles. The maximum atomic E-state index is 5.23. The third-order valence-electron chi connectivity index (χ3n) is 3.28. The van der Waals surface area contributed by atoms with Crippen molar-refractivity contribution >= 4 is 0 Å². The van der Waals surface area contributed by atoms with Gasteiger partial charge in [0.15, 0.2) is 0 Å². The van der Waals surface area contributed by atoms with E-state index in [2.05, 4.69) is 28.4 Å². The molecule has 1 N–H and O–H groups in total. The van der Waals surface area contributed by atoms with Gasteiger partial charge in [-0.3, -0.25) is 0 Å². The molecule has 1 fully saturated rings. The van der Waals surface area contributed by atoms with Crippen molar-refractivity contribution in [2.45, 2.75) is 12.8 Å². The van der Waals surface area contributed by atoms with Crippen LogP contribution >= 0.6 is 0 Å². The second-order valence-corrected chi connectivity index (χ2v) is 4.55. The average Bonchev–Trinajstić information content (AvgIpc) is 2.40. The highest BCUT2D eigenvalue weighted by atomic mass is 16.5. The van der Waals surface area contributed by atoms with E-state index in [0.29, 0.717) is 0 Å². The van der Waals surface area contributed by atoms with Gasteiger partial charge in [0.2, 0.25) is 0 Å². The van der Waals surface area contributed by atoms with Gasteiger partial charge < -0.3 is 15.0 Å². The van der Waals surface area contributed by atoms with Gasteiger partial charge in [0.05, 0.1) is 7.11 Å². The lowest BCUT2D eigenvalue weighted by atomic mass is 10.1. The lowest BCUT2D eigenvalue weighted by Gasteiger charge is -2.27. The SMILES string of the molecule is COc1cccc(CCCN2CCNCC2)c1. The fraction of sp³-hybridized carbons (Fsp3) is 0.571. The fourth-order valence-corrected chi connectivity index (χ4v) is 2.27. The molecule has 94 valence electrons. The molecule has 17 heavy (non-hydrogen) atoms. The number of methoxy groups -OCH3 is 1. The Morgan fingerprint density at radius 1 is 1.29 bits per heavy atom. The molecular formula is C14H22N2O. The highest BCUT2D eigenvalue weighted by Crippen LogP contribution is 2.14. The first-order valence-corrected chi connectivity index (χ1v) is 6.44. The van der Waals surface area contributed by atoms with Crippen molar-refractivity contribution < 1.29 is 4.74 Å². The molecule has 0 amide bonds. The molecule has 1 heterocycles. The molecule has 0 spiro atoms. The van der Waals surface area contributed by atoms with Gasteiger partial charge in [0.25, 0.3) is 0 Å². The van der Waals surface area contributed by atoms with Crippen molar-refractivity contribution in [1.29, 1.82) is 0 Å². The minimum atomic E-state index is 0.963. The van der Waals surface area contributed by atoms with Crippen molar-refractivity contribution in [1.82, 2.24) is 10.2 Å². The maximum absolute atomic E-state index is 5.23. The number of rotatable bonds is 5. The highest BCUT2D eigenvalue weighted by molar-refractivity contribution is 5.28. The van der Waals surface area contributed by atoms with Crippen LogP contribution < -0.4 is 10.1 Å². The molecule has 1 aromatic rings. The molecule has 0 radical (unpaired) electrons. The van der Waals surface area contributed by atoms with Gasteiger partial charge in [-0.15, -0.1) is 0 Å². The van der Waals surface area contributed by atoms with E-state index < -0.39 is 0 Å². The quantitative estimate of drug-likeness (QED) is 0.836. The first-order valence-electron chi connectivity index (χ1n) is 6.44. The molecular weight excluding hydrogens is 212 g/mol. The average molecular weight is 234 g/mol. The van der Waals surface area contributed by atoms with E-state index in [1.807, 2.05) is 6.07 Å². The Balaban J connectivity index is 1.73. The van der Waals surface area contributed by atoms with Crippen LogP contribution in [-0.2, 0) is 6.42 Å². The zero-order chi connectivity index (χ0) is 11.9. The van der Waals surface area contributed by atoms with Crippen LogP contribution in [0.4, 0.5) is 0 Å². The lowest BCUT2D eigenvalue weighted by Crippen LogP contribution is -2.43. The van der Waals surface area contributed by atoms with Gasteiger partial charge in [0.1, 0.15) is 5.75 Å². The molecule has 0 unspecified atom stereocenters. The Bertz CT molecular complexity index is 335. The third kappa shape index (κ3) is 4.02. The number of ether oxygens (including phenoxy) is 1. The first-order chi connectivity index (χ1) is 8.38. The van der Waals surface area contributed by atoms with E-state index in [-0.39, 0.29) is 0 Å². The standard InChI is InChI=1S/C14H22N2O/c1-17-14-6-2-4-13(12-14)5-3-9-16-10-7-15-8-11-16/h2,4,6,12,15H,3,5,7-11H2,1H3. The summed E-state index contributed by atoms with van der Waals surface area (Å²) in [5.74, 6) is 0.963. The molecule has 2 rings (SSSR count). The van der Waals surface area contributed by atoms with E-state index in [1.165, 1.54) is 31.6 Å². The van der Waals surface area contributed by atoms with Crippen molar-refractivity contribution in [3.8, 4) is 5.75 Å². The largest absolute Gasteiger partial charge is 0.497 e. The lowest BCUT2D eigenvalue weighted by molar-refractivity contribution is 0.238. The van der Waals surface area contributed by atoms with Crippen LogP contribution in [0, 0.1) is 0 Å². The molecule has 1 aliphatic heterocycles. The molecule has 1 saturated heterocycles. The van der Waals surface area contributed by atoms with Gasteiger partial charge in [-0.1, -0.05) is 12.1 Å². The third-order valence-corrected chi connectivity index (χ3v) is 3.28. The van der Waals surface area contributed by atoms with Crippen LogP contribution in [-0.4, -0.2) is 44.7 Å². The van der Waals surface area contributed by atoms with Gasteiger partial charge in [-0.05, 0) is 37.1 Å². The summed E-state index contributed by atoms with van der Waals surface area (Å²) >= 11 is 0. The van der Waals surface area contributed by atoms with Crippen LogP contribution in [0.15, 0.2) is 24.3 Å². The summed E-state index contributed by atoms with van der Waals surface area (Å²) < 4.78 is 5.23. The van der Waals surface area contributed by atoms with Crippen molar-refractivity contribution in [2.24, 2.45) is 0 Å². The van der Waals surface area contributed by atoms with Crippen LogP contribution in [0.3, 0.4) is 0 Å².